The summed E-state index contributed by atoms with van der Waals surface area (Å²) in [5.74, 6) is -0.0231. The Hall–Kier alpha value is -6.40. The maximum Gasteiger partial charge on any atom is 0.241 e. The van der Waals surface area contributed by atoms with Crippen LogP contribution >= 0.6 is 30.2 Å². The molecule has 0 aliphatic carbocycles. The molecule has 7 heteroatoms. The molecule has 4 nitrogen and oxygen atoms in total. The number of benzene rings is 7. The van der Waals surface area contributed by atoms with Crippen LogP contribution in [0.4, 0.5) is 34.1 Å². The Bertz CT molecular complexity index is 2590. The molecule has 2 aromatic heterocycles. The molecule has 0 saturated heterocycles. The highest BCUT2D eigenvalue weighted by molar-refractivity contribution is 7.92. The van der Waals surface area contributed by atoms with Crippen molar-refractivity contribution in [3.8, 4) is 20.9 Å². The summed E-state index contributed by atoms with van der Waals surface area (Å²) in [5, 5.41) is 2.31. The molecule has 278 valence electrons. The number of fused-ring (bicyclic) bond motifs is 2. The van der Waals surface area contributed by atoms with Gasteiger partial charge in [0.2, 0.25) is 13.3 Å². The zero-order chi connectivity index (χ0) is 39.1. The Balaban J connectivity index is 1.01. The summed E-state index contributed by atoms with van der Waals surface area (Å²) in [5.41, 5.74) is 8.34. The quantitative estimate of drug-likeness (QED) is 0.148. The predicted octanol–water partition coefficient (Wildman–Crippen LogP) is 12.8. The van der Waals surface area contributed by atoms with Crippen molar-refractivity contribution < 1.29 is 9.69 Å². The second kappa shape index (κ2) is 15.2. The van der Waals surface area contributed by atoms with Crippen LogP contribution in [-0.2, 0) is 0 Å². The lowest BCUT2D eigenvalue weighted by Gasteiger charge is -2.25. The molecule has 0 radical (unpaired) electrons. The zero-order valence-electron chi connectivity index (χ0n) is 31.2. The van der Waals surface area contributed by atoms with Crippen molar-refractivity contribution in [3.05, 3.63) is 222 Å². The van der Waals surface area contributed by atoms with E-state index in [1.165, 1.54) is 22.7 Å². The van der Waals surface area contributed by atoms with Gasteiger partial charge in [0.15, 0.2) is 10.6 Å². The van der Waals surface area contributed by atoms with E-state index < -0.39 is 7.49 Å². The molecule has 0 amide bonds. The monoisotopic (exact) mass is 803 g/mol. The summed E-state index contributed by atoms with van der Waals surface area (Å²) in [6.07, 6.45) is 0. The van der Waals surface area contributed by atoms with Gasteiger partial charge in [0.25, 0.3) is 0 Å². The minimum Gasteiger partial charge on any atom is -0.311 e. The predicted molar refractivity (Wildman–Crippen MR) is 247 cm³/mol. The maximum absolute atomic E-state index is 14.5. The van der Waals surface area contributed by atoms with Crippen LogP contribution in [0.15, 0.2) is 212 Å². The van der Waals surface area contributed by atoms with E-state index in [0.717, 1.165) is 70.9 Å². The van der Waals surface area contributed by atoms with E-state index in [1.807, 2.05) is 103 Å². The van der Waals surface area contributed by atoms with Crippen molar-refractivity contribution in [1.82, 2.24) is 0 Å². The van der Waals surface area contributed by atoms with Crippen LogP contribution in [-0.4, -0.2) is 10.7 Å². The highest BCUT2D eigenvalue weighted by atomic mass is 32.1. The molecule has 0 bridgehead atoms. The van der Waals surface area contributed by atoms with Crippen molar-refractivity contribution in [2.45, 2.75) is 0 Å². The number of carbonyl (C=O) groups excluding carboxylic acids is 1. The van der Waals surface area contributed by atoms with Crippen LogP contribution in [0.3, 0.4) is 0 Å². The fourth-order valence-corrected chi connectivity index (χ4v) is 13.9. The van der Waals surface area contributed by atoms with E-state index in [2.05, 4.69) is 119 Å². The fraction of sp³-hybridized carbons (Fsp3) is 0. The van der Waals surface area contributed by atoms with E-state index in [-0.39, 0.29) is 5.78 Å². The van der Waals surface area contributed by atoms with E-state index >= 15 is 0 Å². The number of ketones is 1. The number of anilines is 6. The number of para-hydroxylation sites is 4. The smallest absolute Gasteiger partial charge is 0.241 e. The molecular weight excluding hydrogens is 768 g/mol. The Morgan fingerprint density at radius 2 is 0.672 bits per heavy atom. The molecular formula is C51H36N2O2PS2+. The maximum atomic E-state index is 14.5. The van der Waals surface area contributed by atoms with Gasteiger partial charge < -0.3 is 9.80 Å². The lowest BCUT2D eigenvalue weighted by Crippen LogP contribution is -2.38. The van der Waals surface area contributed by atoms with Crippen molar-refractivity contribution in [1.29, 1.82) is 0 Å². The minimum absolute atomic E-state index is 0.0231. The third-order valence-electron chi connectivity index (χ3n) is 10.5. The largest absolute Gasteiger partial charge is 0.311 e. The van der Waals surface area contributed by atoms with Crippen LogP contribution in [0.25, 0.3) is 20.9 Å². The molecule has 9 aromatic rings. The highest BCUT2D eigenvalue weighted by Crippen LogP contribution is 2.59. The number of thiophene rings is 2. The number of hydrogen-bond acceptors (Lipinski definition) is 6. The van der Waals surface area contributed by atoms with Crippen molar-refractivity contribution in [2.75, 3.05) is 9.80 Å². The van der Waals surface area contributed by atoms with E-state index in [9.17, 15) is 9.69 Å². The van der Waals surface area contributed by atoms with Crippen LogP contribution in [0, 0.1) is 0 Å². The fourth-order valence-electron chi connectivity index (χ4n) is 7.76. The average Bonchev–Trinajstić information content (AvgIpc) is 3.96. The summed E-state index contributed by atoms with van der Waals surface area (Å²) >= 11 is 2.95. The lowest BCUT2D eigenvalue weighted by molar-refractivity contribution is 0.104. The molecule has 1 N–H and O–H groups in total. The molecule has 3 heterocycles. The summed E-state index contributed by atoms with van der Waals surface area (Å²) in [6.45, 7) is 0. The van der Waals surface area contributed by atoms with Crippen LogP contribution in [0.1, 0.15) is 14.5 Å². The van der Waals surface area contributed by atoms with E-state index in [1.54, 1.807) is 0 Å². The van der Waals surface area contributed by atoms with Gasteiger partial charge in [0, 0.05) is 56.0 Å². The molecule has 0 atom stereocenters. The molecule has 0 fully saturated rings. The Morgan fingerprint density at radius 1 is 0.379 bits per heavy atom. The van der Waals surface area contributed by atoms with Gasteiger partial charge in [-0.3, -0.25) is 4.79 Å². The number of rotatable bonds is 9. The molecule has 1 aliphatic heterocycles. The molecule has 10 rings (SSSR count). The minimum atomic E-state index is -3.16. The van der Waals surface area contributed by atoms with Gasteiger partial charge in [0.1, 0.15) is 15.1 Å². The van der Waals surface area contributed by atoms with Gasteiger partial charge in [-0.15, -0.1) is 22.7 Å². The normalized spacial score (nSPS) is 12.7. The summed E-state index contributed by atoms with van der Waals surface area (Å²) in [4.78, 5) is 35.3. The second-order valence-corrected chi connectivity index (χ2v) is 18.9. The van der Waals surface area contributed by atoms with Crippen LogP contribution < -0.4 is 25.7 Å². The summed E-state index contributed by atoms with van der Waals surface area (Å²) in [6, 6.07) is 72.4. The van der Waals surface area contributed by atoms with Gasteiger partial charge in [-0.05, 0) is 96.1 Å². The Labute approximate surface area is 346 Å². The van der Waals surface area contributed by atoms with Crippen molar-refractivity contribution >= 4 is 86.0 Å². The van der Waals surface area contributed by atoms with Gasteiger partial charge in [0.05, 0.1) is 0 Å². The molecule has 7 aromatic carbocycles. The first-order chi connectivity index (χ1) is 28.6. The molecule has 0 unspecified atom stereocenters. The van der Waals surface area contributed by atoms with Gasteiger partial charge in [-0.1, -0.05) is 115 Å². The van der Waals surface area contributed by atoms with E-state index in [0.29, 0.717) is 9.75 Å². The molecule has 0 spiro atoms. The molecule has 58 heavy (non-hydrogen) atoms. The first kappa shape index (κ1) is 36.0. The summed E-state index contributed by atoms with van der Waals surface area (Å²) in [7, 11) is -3.16. The third-order valence-corrected chi connectivity index (χ3v) is 16.4. The zero-order valence-corrected chi connectivity index (χ0v) is 33.7. The van der Waals surface area contributed by atoms with Crippen molar-refractivity contribution in [3.63, 3.8) is 0 Å². The van der Waals surface area contributed by atoms with Crippen molar-refractivity contribution in [2.24, 2.45) is 0 Å². The highest BCUT2D eigenvalue weighted by Gasteiger charge is 2.55. The van der Waals surface area contributed by atoms with Gasteiger partial charge in [-0.2, -0.15) is 0 Å². The number of carbonyl (C=O) groups is 1. The topological polar surface area (TPSA) is 43.8 Å². The first-order valence-corrected chi connectivity index (χ1v) is 22.5. The number of nitrogens with zero attached hydrogens (tertiary/aromatic N) is 2. The summed E-state index contributed by atoms with van der Waals surface area (Å²) < 4.78 is 0. The second-order valence-electron chi connectivity index (χ2n) is 14.1. The van der Waals surface area contributed by atoms with Gasteiger partial charge in [-0.25, -0.2) is 4.89 Å². The average molecular weight is 804 g/mol. The standard InChI is InChI=1S/C51H36N2O2PS2/c54-49-50-45(34-47(57-50)36-26-30-42(31-27-36)52(38-16-6-1-7-17-38)39-18-8-2-9-19-39)56(55,44-24-14-5-15-25-44)46-35-48(58-51(46)49)37-28-32-43(33-29-37)53(40-20-10-3-11-21-40)41-22-12-4-13-23-41/h1-35,55H/q+1. The lowest BCUT2D eigenvalue weighted by atomic mass is 10.1. The van der Waals surface area contributed by atoms with Crippen LogP contribution in [0.2, 0.25) is 0 Å². The van der Waals surface area contributed by atoms with Crippen LogP contribution in [0.5, 0.6) is 0 Å². The van der Waals surface area contributed by atoms with Gasteiger partial charge >= 0.3 is 0 Å². The Kier molecular flexibility index (Phi) is 9.41. The molecule has 0 saturated carbocycles. The molecule has 1 aliphatic rings. The SMILES string of the molecule is O=C1c2sc(-c3ccc(N(c4ccccc4)c4ccccc4)cc3)cc2[P+](O)(c2ccccc2)c2cc(-c3ccc(N(c4ccccc4)c4ccccc4)cc3)sc21. The third kappa shape index (κ3) is 6.37. The van der Waals surface area contributed by atoms with E-state index in [4.69, 9.17) is 0 Å². The number of hydrogen-bond donors (Lipinski definition) is 1. The first-order valence-electron chi connectivity index (χ1n) is 19.1. The Morgan fingerprint density at radius 3 is 1.00 bits per heavy atom.